The lowest BCUT2D eigenvalue weighted by Gasteiger charge is -2.09. The van der Waals surface area contributed by atoms with E-state index in [1.165, 1.54) is 0 Å². The Kier molecular flexibility index (Phi) is 4.23. The number of rotatable bonds is 5. The van der Waals surface area contributed by atoms with Crippen LogP contribution in [0.15, 0.2) is 48.5 Å². The Morgan fingerprint density at radius 1 is 1.05 bits per heavy atom. The molecule has 0 saturated carbocycles. The second-order valence-corrected chi connectivity index (χ2v) is 5.52. The summed E-state index contributed by atoms with van der Waals surface area (Å²) in [6, 6.07) is 16.1. The van der Waals surface area contributed by atoms with Crippen LogP contribution in [0.4, 0.5) is 0 Å². The Balaban J connectivity index is 2.09. The van der Waals surface area contributed by atoms with Crippen molar-refractivity contribution in [1.82, 2.24) is 9.55 Å². The highest BCUT2D eigenvalue weighted by atomic mass is 35.5. The molecule has 4 heteroatoms. The Morgan fingerprint density at radius 3 is 2.71 bits per heavy atom. The van der Waals surface area contributed by atoms with Crippen LogP contribution in [0.1, 0.15) is 12.8 Å². The fraction of sp³-hybridized carbons (Fsp3) is 0.235. The molecule has 0 fully saturated rings. The highest BCUT2D eigenvalue weighted by Gasteiger charge is 2.12. The quantitative estimate of drug-likeness (QED) is 0.721. The van der Waals surface area contributed by atoms with Crippen LogP contribution in [-0.2, 0) is 6.54 Å². The summed E-state index contributed by atoms with van der Waals surface area (Å²) in [7, 11) is 0. The third-order valence-corrected chi connectivity index (χ3v) is 3.81. The first-order valence-electron chi connectivity index (χ1n) is 7.21. The van der Waals surface area contributed by atoms with Crippen molar-refractivity contribution in [2.45, 2.75) is 19.4 Å². The lowest BCUT2D eigenvalue weighted by molar-refractivity contribution is 0.631. The fourth-order valence-corrected chi connectivity index (χ4v) is 2.75. The van der Waals surface area contributed by atoms with Gasteiger partial charge in [-0.25, -0.2) is 4.98 Å². The standard InChI is InChI=1S/C17H18ClN3/c18-14-7-5-6-13(12-14)17-20-15-8-1-2-9-16(15)21(17)11-4-3-10-19/h1-2,5-9,12H,3-4,10-11,19H2. The van der Waals surface area contributed by atoms with Crippen molar-refractivity contribution in [3.63, 3.8) is 0 Å². The second kappa shape index (κ2) is 6.29. The SMILES string of the molecule is NCCCCn1c(-c2cccc(Cl)c2)nc2ccccc21. The van der Waals surface area contributed by atoms with Crippen LogP contribution in [0.2, 0.25) is 5.02 Å². The molecule has 0 aliphatic carbocycles. The molecule has 3 nitrogen and oxygen atoms in total. The van der Waals surface area contributed by atoms with E-state index in [-0.39, 0.29) is 0 Å². The van der Waals surface area contributed by atoms with Crippen molar-refractivity contribution >= 4 is 22.6 Å². The van der Waals surface area contributed by atoms with E-state index in [1.807, 2.05) is 42.5 Å². The molecule has 0 aliphatic rings. The van der Waals surface area contributed by atoms with Gasteiger partial charge in [0.1, 0.15) is 5.82 Å². The summed E-state index contributed by atoms with van der Waals surface area (Å²) < 4.78 is 2.26. The first-order valence-corrected chi connectivity index (χ1v) is 7.58. The Morgan fingerprint density at radius 2 is 1.90 bits per heavy atom. The Bertz CT molecular complexity index is 749. The summed E-state index contributed by atoms with van der Waals surface area (Å²) in [6.45, 7) is 1.64. The van der Waals surface area contributed by atoms with Crippen LogP contribution in [0, 0.1) is 0 Å². The average Bonchev–Trinajstić information content (AvgIpc) is 2.87. The van der Waals surface area contributed by atoms with Gasteiger partial charge < -0.3 is 10.3 Å². The van der Waals surface area contributed by atoms with E-state index in [4.69, 9.17) is 22.3 Å². The van der Waals surface area contributed by atoms with E-state index in [1.54, 1.807) is 0 Å². The van der Waals surface area contributed by atoms with Crippen molar-refractivity contribution in [1.29, 1.82) is 0 Å². The number of aryl methyl sites for hydroxylation is 1. The Hall–Kier alpha value is -1.84. The van der Waals surface area contributed by atoms with Crippen LogP contribution in [-0.4, -0.2) is 16.1 Å². The molecule has 0 atom stereocenters. The topological polar surface area (TPSA) is 43.8 Å². The molecule has 0 bridgehead atoms. The van der Waals surface area contributed by atoms with E-state index in [9.17, 15) is 0 Å². The number of benzene rings is 2. The molecule has 0 radical (unpaired) electrons. The highest BCUT2D eigenvalue weighted by molar-refractivity contribution is 6.30. The second-order valence-electron chi connectivity index (χ2n) is 5.08. The third-order valence-electron chi connectivity index (χ3n) is 3.57. The van der Waals surface area contributed by atoms with Gasteiger partial charge in [0, 0.05) is 17.1 Å². The predicted octanol–water partition coefficient (Wildman–Crippen LogP) is 4.10. The number of aromatic nitrogens is 2. The van der Waals surface area contributed by atoms with Crippen molar-refractivity contribution in [2.75, 3.05) is 6.54 Å². The number of imidazole rings is 1. The molecule has 1 heterocycles. The van der Waals surface area contributed by atoms with Crippen LogP contribution in [0.3, 0.4) is 0 Å². The molecule has 1 aromatic heterocycles. The van der Waals surface area contributed by atoms with Gasteiger partial charge in [0.25, 0.3) is 0 Å². The Labute approximate surface area is 129 Å². The summed E-state index contributed by atoms with van der Waals surface area (Å²) in [5.41, 5.74) is 8.83. The minimum absolute atomic E-state index is 0.721. The zero-order chi connectivity index (χ0) is 14.7. The zero-order valence-corrected chi connectivity index (χ0v) is 12.6. The minimum Gasteiger partial charge on any atom is -0.330 e. The van der Waals surface area contributed by atoms with Gasteiger partial charge in [-0.3, -0.25) is 0 Å². The number of fused-ring (bicyclic) bond motifs is 1. The molecule has 3 aromatic rings. The lowest BCUT2D eigenvalue weighted by atomic mass is 10.2. The molecule has 0 saturated heterocycles. The van der Waals surface area contributed by atoms with Gasteiger partial charge in [-0.05, 0) is 43.7 Å². The lowest BCUT2D eigenvalue weighted by Crippen LogP contribution is -2.04. The molecule has 2 aromatic carbocycles. The molecular formula is C17H18ClN3. The van der Waals surface area contributed by atoms with Crippen molar-refractivity contribution in [3.8, 4) is 11.4 Å². The van der Waals surface area contributed by atoms with Crippen molar-refractivity contribution in [3.05, 3.63) is 53.6 Å². The monoisotopic (exact) mass is 299 g/mol. The van der Waals surface area contributed by atoms with E-state index >= 15 is 0 Å². The molecule has 108 valence electrons. The number of para-hydroxylation sites is 2. The van der Waals surface area contributed by atoms with Gasteiger partial charge in [-0.2, -0.15) is 0 Å². The van der Waals surface area contributed by atoms with Gasteiger partial charge >= 0.3 is 0 Å². The summed E-state index contributed by atoms with van der Waals surface area (Å²) >= 11 is 6.12. The van der Waals surface area contributed by atoms with Gasteiger partial charge in [-0.1, -0.05) is 35.9 Å². The predicted molar refractivity (Wildman–Crippen MR) is 88.5 cm³/mol. The number of halogens is 1. The van der Waals surface area contributed by atoms with Crippen LogP contribution < -0.4 is 5.73 Å². The first kappa shape index (κ1) is 14.1. The number of hydrogen-bond acceptors (Lipinski definition) is 2. The molecule has 0 unspecified atom stereocenters. The normalized spacial score (nSPS) is 11.1. The molecule has 3 rings (SSSR count). The maximum absolute atomic E-state index is 6.12. The van der Waals surface area contributed by atoms with Crippen LogP contribution in [0.25, 0.3) is 22.4 Å². The van der Waals surface area contributed by atoms with E-state index in [0.717, 1.165) is 53.4 Å². The maximum atomic E-state index is 6.12. The number of unbranched alkanes of at least 4 members (excludes halogenated alkanes) is 1. The maximum Gasteiger partial charge on any atom is 0.141 e. The van der Waals surface area contributed by atoms with E-state index in [0.29, 0.717) is 0 Å². The molecule has 21 heavy (non-hydrogen) atoms. The van der Waals surface area contributed by atoms with Crippen molar-refractivity contribution in [2.24, 2.45) is 5.73 Å². The molecular weight excluding hydrogens is 282 g/mol. The summed E-state index contributed by atoms with van der Waals surface area (Å²) in [5.74, 6) is 0.968. The van der Waals surface area contributed by atoms with Gasteiger partial charge in [-0.15, -0.1) is 0 Å². The first-order chi connectivity index (χ1) is 10.3. The number of nitrogens with two attached hydrogens (primary N) is 1. The van der Waals surface area contributed by atoms with Crippen LogP contribution >= 0.6 is 11.6 Å². The third kappa shape index (κ3) is 2.94. The van der Waals surface area contributed by atoms with Gasteiger partial charge in [0.15, 0.2) is 0 Å². The van der Waals surface area contributed by atoms with E-state index in [2.05, 4.69) is 10.6 Å². The van der Waals surface area contributed by atoms with Gasteiger partial charge in [0.05, 0.1) is 11.0 Å². The largest absolute Gasteiger partial charge is 0.330 e. The molecule has 2 N–H and O–H groups in total. The fourth-order valence-electron chi connectivity index (χ4n) is 2.56. The summed E-state index contributed by atoms with van der Waals surface area (Å²) in [6.07, 6.45) is 2.06. The molecule has 0 aliphatic heterocycles. The number of nitrogens with zero attached hydrogens (tertiary/aromatic N) is 2. The average molecular weight is 300 g/mol. The molecule has 0 spiro atoms. The van der Waals surface area contributed by atoms with Gasteiger partial charge in [0.2, 0.25) is 0 Å². The summed E-state index contributed by atoms with van der Waals surface area (Å²) in [5, 5.41) is 0.730. The number of hydrogen-bond donors (Lipinski definition) is 1. The van der Waals surface area contributed by atoms with E-state index < -0.39 is 0 Å². The van der Waals surface area contributed by atoms with Crippen LogP contribution in [0.5, 0.6) is 0 Å². The highest BCUT2D eigenvalue weighted by Crippen LogP contribution is 2.27. The zero-order valence-electron chi connectivity index (χ0n) is 11.8. The van der Waals surface area contributed by atoms with Crippen molar-refractivity contribution < 1.29 is 0 Å². The molecule has 0 amide bonds. The summed E-state index contributed by atoms with van der Waals surface area (Å²) in [4.78, 5) is 4.78. The smallest absolute Gasteiger partial charge is 0.141 e. The minimum atomic E-state index is 0.721.